The summed E-state index contributed by atoms with van der Waals surface area (Å²) in [4.78, 5) is 21.4. The van der Waals surface area contributed by atoms with E-state index in [-0.39, 0.29) is 42.5 Å². The minimum absolute atomic E-state index is 0. The third-order valence-electron chi connectivity index (χ3n) is 5.59. The Morgan fingerprint density at radius 2 is 1.79 bits per heavy atom. The monoisotopic (exact) mass is 517 g/mol. The van der Waals surface area contributed by atoms with Gasteiger partial charge >= 0.3 is 0 Å². The number of aliphatic imine (C=N–C) groups is 1. The highest BCUT2D eigenvalue weighted by molar-refractivity contribution is 14.0. The number of rotatable bonds is 7. The van der Waals surface area contributed by atoms with Crippen LogP contribution in [0, 0.1) is 0 Å². The van der Waals surface area contributed by atoms with Crippen LogP contribution in [-0.4, -0.2) is 67.5 Å². The summed E-state index contributed by atoms with van der Waals surface area (Å²) in [5.74, 6) is 1.80. The Labute approximate surface area is 191 Å². The summed E-state index contributed by atoms with van der Waals surface area (Å²) < 4.78 is 5.72. The summed E-state index contributed by atoms with van der Waals surface area (Å²) in [6.07, 6.45) is 8.94. The van der Waals surface area contributed by atoms with Gasteiger partial charge in [0.25, 0.3) is 0 Å². The molecule has 2 N–H and O–H groups in total. The van der Waals surface area contributed by atoms with Gasteiger partial charge in [0.2, 0.25) is 5.91 Å². The van der Waals surface area contributed by atoms with Gasteiger partial charge < -0.3 is 20.0 Å². The maximum absolute atomic E-state index is 12.4. The van der Waals surface area contributed by atoms with Crippen LogP contribution in [0.15, 0.2) is 27.8 Å². The molecular formula is C21H36IN5O2. The molecular weight excluding hydrogens is 481 g/mol. The van der Waals surface area contributed by atoms with Gasteiger partial charge in [-0.15, -0.1) is 24.0 Å². The Morgan fingerprint density at radius 3 is 2.41 bits per heavy atom. The maximum Gasteiger partial charge on any atom is 0.244 e. The Bertz CT molecular complexity index is 611. The molecule has 0 radical (unpaired) electrons. The number of amides is 1. The molecule has 1 amide bonds. The van der Waals surface area contributed by atoms with Gasteiger partial charge in [-0.2, -0.15) is 0 Å². The van der Waals surface area contributed by atoms with Crippen LogP contribution in [0.4, 0.5) is 0 Å². The van der Waals surface area contributed by atoms with Crippen molar-refractivity contribution in [2.45, 2.75) is 51.5 Å². The first-order chi connectivity index (χ1) is 13.8. The first-order valence-corrected chi connectivity index (χ1v) is 10.9. The third-order valence-corrected chi connectivity index (χ3v) is 5.59. The zero-order chi connectivity index (χ0) is 19.6. The lowest BCUT2D eigenvalue weighted by Crippen LogP contribution is -2.45. The van der Waals surface area contributed by atoms with Crippen molar-refractivity contribution < 1.29 is 9.21 Å². The molecule has 2 fully saturated rings. The normalized spacial score (nSPS) is 19.3. The van der Waals surface area contributed by atoms with Gasteiger partial charge in [0.15, 0.2) is 5.96 Å². The number of carbonyl (C=O) groups is 1. The zero-order valence-corrected chi connectivity index (χ0v) is 19.9. The van der Waals surface area contributed by atoms with Gasteiger partial charge in [-0.25, -0.2) is 4.99 Å². The highest BCUT2D eigenvalue weighted by Gasteiger charge is 2.24. The van der Waals surface area contributed by atoms with Crippen LogP contribution < -0.4 is 10.6 Å². The quantitative estimate of drug-likeness (QED) is 0.331. The topological polar surface area (TPSA) is 73.1 Å². The number of nitrogens with one attached hydrogen (secondary N) is 2. The first kappa shape index (κ1) is 24.0. The summed E-state index contributed by atoms with van der Waals surface area (Å²) in [5.41, 5.74) is 0. The lowest BCUT2D eigenvalue weighted by atomic mass is 10.1. The average Bonchev–Trinajstić information content (AvgIpc) is 3.28. The van der Waals surface area contributed by atoms with Crippen molar-refractivity contribution in [3.05, 3.63) is 24.2 Å². The number of furan rings is 1. The fraction of sp³-hybridized carbons (Fsp3) is 0.714. The Morgan fingerprint density at radius 1 is 1.10 bits per heavy atom. The van der Waals surface area contributed by atoms with Crippen molar-refractivity contribution in [1.29, 1.82) is 0 Å². The van der Waals surface area contributed by atoms with E-state index in [1.165, 1.54) is 25.7 Å². The van der Waals surface area contributed by atoms with E-state index in [4.69, 9.17) is 4.42 Å². The molecule has 164 valence electrons. The van der Waals surface area contributed by atoms with Crippen molar-refractivity contribution in [1.82, 2.24) is 20.4 Å². The molecule has 7 nitrogen and oxygen atoms in total. The number of guanidine groups is 1. The molecule has 0 spiro atoms. The summed E-state index contributed by atoms with van der Waals surface area (Å²) in [7, 11) is 0. The highest BCUT2D eigenvalue weighted by atomic mass is 127. The predicted molar refractivity (Wildman–Crippen MR) is 127 cm³/mol. The molecule has 0 aromatic carbocycles. The lowest BCUT2D eigenvalue weighted by molar-refractivity contribution is -0.130. The van der Waals surface area contributed by atoms with E-state index in [0.717, 1.165) is 51.3 Å². The summed E-state index contributed by atoms with van der Waals surface area (Å²) in [5, 5.41) is 6.69. The van der Waals surface area contributed by atoms with Crippen molar-refractivity contribution in [2.24, 2.45) is 4.99 Å². The predicted octanol–water partition coefficient (Wildman–Crippen LogP) is 2.99. The van der Waals surface area contributed by atoms with Crippen molar-refractivity contribution >= 4 is 35.8 Å². The van der Waals surface area contributed by atoms with Crippen LogP contribution in [0.25, 0.3) is 0 Å². The van der Waals surface area contributed by atoms with E-state index in [9.17, 15) is 4.79 Å². The van der Waals surface area contributed by atoms with E-state index in [1.54, 1.807) is 6.26 Å². The molecule has 1 atom stereocenters. The number of piperidine rings is 2. The summed E-state index contributed by atoms with van der Waals surface area (Å²) in [6.45, 7) is 7.63. The molecule has 1 unspecified atom stereocenters. The molecule has 0 saturated carbocycles. The van der Waals surface area contributed by atoms with Crippen molar-refractivity contribution in [3.63, 3.8) is 0 Å². The van der Waals surface area contributed by atoms with Gasteiger partial charge in [-0.1, -0.05) is 6.42 Å². The van der Waals surface area contributed by atoms with Gasteiger partial charge in [-0.3, -0.25) is 9.69 Å². The van der Waals surface area contributed by atoms with Crippen molar-refractivity contribution in [3.8, 4) is 0 Å². The van der Waals surface area contributed by atoms with E-state index in [0.29, 0.717) is 12.5 Å². The molecule has 3 heterocycles. The number of carbonyl (C=O) groups excluding carboxylic acids is 1. The lowest BCUT2D eigenvalue weighted by Gasteiger charge is -2.33. The fourth-order valence-corrected chi connectivity index (χ4v) is 4.05. The maximum atomic E-state index is 12.4. The molecule has 3 rings (SSSR count). The standard InChI is InChI=1S/C21H35N5O2.HI/c1-2-22-21(24-17-20(27)26-13-7-4-8-14-26)23-16-18(19-10-9-15-28-19)25-11-5-3-6-12-25;/h9-10,15,18H,2-8,11-14,16-17H2,1H3,(H2,22,23,24);1H. The average molecular weight is 517 g/mol. The van der Waals surface area contributed by atoms with Crippen LogP contribution >= 0.6 is 24.0 Å². The van der Waals surface area contributed by atoms with E-state index < -0.39 is 0 Å². The first-order valence-electron chi connectivity index (χ1n) is 10.9. The number of hydrogen-bond donors (Lipinski definition) is 2. The minimum Gasteiger partial charge on any atom is -0.468 e. The van der Waals surface area contributed by atoms with E-state index in [2.05, 4.69) is 20.5 Å². The van der Waals surface area contributed by atoms with Crippen LogP contribution in [0.3, 0.4) is 0 Å². The number of hydrogen-bond acceptors (Lipinski definition) is 4. The van der Waals surface area contributed by atoms with E-state index >= 15 is 0 Å². The number of likely N-dealkylation sites (tertiary alicyclic amines) is 2. The fourth-order valence-electron chi connectivity index (χ4n) is 4.05. The largest absolute Gasteiger partial charge is 0.468 e. The van der Waals surface area contributed by atoms with Gasteiger partial charge in [0.05, 0.1) is 12.3 Å². The van der Waals surface area contributed by atoms with Gasteiger partial charge in [0, 0.05) is 26.2 Å². The molecule has 1 aromatic heterocycles. The summed E-state index contributed by atoms with van der Waals surface area (Å²) in [6, 6.07) is 4.17. The van der Waals surface area contributed by atoms with Crippen LogP contribution in [0.1, 0.15) is 57.3 Å². The molecule has 2 aliphatic heterocycles. The minimum atomic E-state index is 0. The Balaban J connectivity index is 0.00000300. The molecule has 0 aliphatic carbocycles. The highest BCUT2D eigenvalue weighted by Crippen LogP contribution is 2.24. The van der Waals surface area contributed by atoms with E-state index in [1.807, 2.05) is 24.0 Å². The number of nitrogens with zero attached hydrogens (tertiary/aromatic N) is 3. The van der Waals surface area contributed by atoms with Crippen molar-refractivity contribution in [2.75, 3.05) is 45.8 Å². The van der Waals surface area contributed by atoms with Gasteiger partial charge in [0.1, 0.15) is 12.3 Å². The molecule has 0 bridgehead atoms. The van der Waals surface area contributed by atoms with Crippen LogP contribution in [0.2, 0.25) is 0 Å². The summed E-state index contributed by atoms with van der Waals surface area (Å²) >= 11 is 0. The molecule has 2 saturated heterocycles. The Kier molecular flexibility index (Phi) is 10.8. The van der Waals surface area contributed by atoms with Crippen LogP contribution in [-0.2, 0) is 4.79 Å². The second kappa shape index (κ2) is 13.1. The Hall–Kier alpha value is -1.29. The van der Waals surface area contributed by atoms with Crippen LogP contribution in [0.5, 0.6) is 0 Å². The second-order valence-electron chi connectivity index (χ2n) is 7.65. The zero-order valence-electron chi connectivity index (χ0n) is 17.6. The molecule has 2 aliphatic rings. The third kappa shape index (κ3) is 7.47. The second-order valence-corrected chi connectivity index (χ2v) is 7.65. The SMILES string of the molecule is CCNC(=NCC(=O)N1CCCCC1)NCC(c1ccco1)N1CCCCC1.I. The molecule has 8 heteroatoms. The smallest absolute Gasteiger partial charge is 0.244 e. The molecule has 29 heavy (non-hydrogen) atoms. The number of halogens is 1. The van der Waals surface area contributed by atoms with Gasteiger partial charge in [-0.05, 0) is 64.3 Å². The molecule has 1 aromatic rings.